The second-order valence-corrected chi connectivity index (χ2v) is 4.71. The highest BCUT2D eigenvalue weighted by Crippen LogP contribution is 2.18. The predicted molar refractivity (Wildman–Crippen MR) is 70.4 cm³/mol. The molecule has 0 aliphatic heterocycles. The lowest BCUT2D eigenvalue weighted by atomic mass is 10.2. The third kappa shape index (κ3) is 3.05. The van der Waals surface area contributed by atoms with Gasteiger partial charge in [-0.15, -0.1) is 11.3 Å². The fraction of sp³-hybridized carbons (Fsp3) is 0.308. The molecule has 0 spiro atoms. The lowest BCUT2D eigenvalue weighted by Gasteiger charge is -2.09. The minimum atomic E-state index is 0.510. The zero-order valence-electron chi connectivity index (χ0n) is 9.85. The van der Waals surface area contributed by atoms with Crippen LogP contribution < -0.4 is 10.5 Å². The van der Waals surface area contributed by atoms with Crippen LogP contribution in [-0.4, -0.2) is 11.6 Å². The molecule has 1 aromatic heterocycles. The number of benzene rings is 1. The molecule has 0 atom stereocenters. The molecule has 0 aliphatic rings. The first kappa shape index (κ1) is 12.1. The van der Waals surface area contributed by atoms with Gasteiger partial charge in [-0.25, -0.2) is 4.98 Å². The Kier molecular flexibility index (Phi) is 4.12. The van der Waals surface area contributed by atoms with Crippen molar-refractivity contribution in [1.29, 1.82) is 0 Å². The van der Waals surface area contributed by atoms with Crippen molar-refractivity contribution in [3.63, 3.8) is 0 Å². The first-order valence-corrected chi connectivity index (χ1v) is 6.49. The average Bonchev–Trinajstić information content (AvgIpc) is 2.76. The summed E-state index contributed by atoms with van der Waals surface area (Å²) in [7, 11) is 0. The Morgan fingerprint density at radius 2 is 2.18 bits per heavy atom. The first-order valence-electron chi connectivity index (χ1n) is 5.61. The smallest absolute Gasteiger partial charge is 0.123 e. The molecular formula is C13H16N2OS. The molecule has 0 aliphatic carbocycles. The third-order valence-electron chi connectivity index (χ3n) is 2.62. The molecule has 17 heavy (non-hydrogen) atoms. The SMILES string of the molecule is Cc1ncsc1CCOc1ccccc1CN. The fourth-order valence-electron chi connectivity index (χ4n) is 1.63. The Morgan fingerprint density at radius 1 is 1.35 bits per heavy atom. The highest BCUT2D eigenvalue weighted by molar-refractivity contribution is 7.09. The van der Waals surface area contributed by atoms with Gasteiger partial charge in [-0.2, -0.15) is 0 Å². The van der Waals surface area contributed by atoms with Gasteiger partial charge in [0, 0.05) is 23.4 Å². The van der Waals surface area contributed by atoms with Crippen LogP contribution in [0.1, 0.15) is 16.1 Å². The minimum absolute atomic E-state index is 0.510. The fourth-order valence-corrected chi connectivity index (χ4v) is 2.40. The summed E-state index contributed by atoms with van der Waals surface area (Å²) in [5.41, 5.74) is 9.68. The van der Waals surface area contributed by atoms with Crippen LogP contribution in [-0.2, 0) is 13.0 Å². The monoisotopic (exact) mass is 248 g/mol. The number of para-hydroxylation sites is 1. The van der Waals surface area contributed by atoms with Gasteiger partial charge in [0.15, 0.2) is 0 Å². The van der Waals surface area contributed by atoms with E-state index in [4.69, 9.17) is 10.5 Å². The zero-order valence-corrected chi connectivity index (χ0v) is 10.7. The normalized spacial score (nSPS) is 10.5. The maximum absolute atomic E-state index is 5.76. The van der Waals surface area contributed by atoms with Crippen LogP contribution in [0.15, 0.2) is 29.8 Å². The Morgan fingerprint density at radius 3 is 2.88 bits per heavy atom. The van der Waals surface area contributed by atoms with Crippen molar-refractivity contribution in [1.82, 2.24) is 4.98 Å². The molecule has 0 saturated heterocycles. The minimum Gasteiger partial charge on any atom is -0.493 e. The molecule has 2 aromatic rings. The number of nitrogens with zero attached hydrogens (tertiary/aromatic N) is 1. The van der Waals surface area contributed by atoms with Crippen molar-refractivity contribution < 1.29 is 4.74 Å². The molecule has 0 radical (unpaired) electrons. The van der Waals surface area contributed by atoms with Gasteiger partial charge in [0.05, 0.1) is 17.8 Å². The van der Waals surface area contributed by atoms with Gasteiger partial charge in [0.25, 0.3) is 0 Å². The third-order valence-corrected chi connectivity index (χ3v) is 3.62. The lowest BCUT2D eigenvalue weighted by Crippen LogP contribution is -2.05. The molecule has 2 rings (SSSR count). The van der Waals surface area contributed by atoms with Gasteiger partial charge < -0.3 is 10.5 Å². The Bertz CT molecular complexity index is 482. The van der Waals surface area contributed by atoms with Crippen LogP contribution in [0.4, 0.5) is 0 Å². The van der Waals surface area contributed by atoms with E-state index in [0.29, 0.717) is 13.2 Å². The molecule has 3 nitrogen and oxygen atoms in total. The maximum Gasteiger partial charge on any atom is 0.123 e. The van der Waals surface area contributed by atoms with Gasteiger partial charge in [0.2, 0.25) is 0 Å². The first-order chi connectivity index (χ1) is 8.31. The number of ether oxygens (including phenoxy) is 1. The van der Waals surface area contributed by atoms with E-state index < -0.39 is 0 Å². The number of thiazole rings is 1. The summed E-state index contributed by atoms with van der Waals surface area (Å²) < 4.78 is 5.76. The number of hydrogen-bond donors (Lipinski definition) is 1. The van der Waals surface area contributed by atoms with E-state index >= 15 is 0 Å². The van der Waals surface area contributed by atoms with E-state index in [9.17, 15) is 0 Å². The second-order valence-electron chi connectivity index (χ2n) is 3.77. The van der Waals surface area contributed by atoms with Crippen molar-refractivity contribution in [2.24, 2.45) is 5.73 Å². The van der Waals surface area contributed by atoms with E-state index in [1.54, 1.807) is 11.3 Å². The summed E-state index contributed by atoms with van der Waals surface area (Å²) >= 11 is 1.68. The summed E-state index contributed by atoms with van der Waals surface area (Å²) in [6.07, 6.45) is 0.898. The maximum atomic E-state index is 5.76. The quantitative estimate of drug-likeness (QED) is 0.884. The number of aromatic nitrogens is 1. The van der Waals surface area contributed by atoms with Crippen molar-refractivity contribution >= 4 is 11.3 Å². The molecule has 0 saturated carbocycles. The van der Waals surface area contributed by atoms with Crippen LogP contribution in [0.5, 0.6) is 5.75 Å². The van der Waals surface area contributed by atoms with Crippen molar-refractivity contribution in [3.05, 3.63) is 45.9 Å². The number of rotatable bonds is 5. The van der Waals surface area contributed by atoms with Crippen LogP contribution >= 0.6 is 11.3 Å². The van der Waals surface area contributed by atoms with Crippen LogP contribution in [0.3, 0.4) is 0 Å². The lowest BCUT2D eigenvalue weighted by molar-refractivity contribution is 0.319. The molecule has 0 amide bonds. The Hall–Kier alpha value is -1.39. The molecule has 1 heterocycles. The summed E-state index contributed by atoms with van der Waals surface area (Å²) in [4.78, 5) is 5.51. The molecule has 4 heteroatoms. The second kappa shape index (κ2) is 5.80. The summed E-state index contributed by atoms with van der Waals surface area (Å²) in [6, 6.07) is 7.89. The molecule has 90 valence electrons. The molecule has 0 fully saturated rings. The van der Waals surface area contributed by atoms with Gasteiger partial charge in [-0.3, -0.25) is 0 Å². The number of nitrogens with two attached hydrogens (primary N) is 1. The Balaban J connectivity index is 1.92. The molecule has 0 unspecified atom stereocenters. The topological polar surface area (TPSA) is 48.1 Å². The van der Waals surface area contributed by atoms with Crippen molar-refractivity contribution in [3.8, 4) is 5.75 Å². The van der Waals surface area contributed by atoms with Crippen LogP contribution in [0.2, 0.25) is 0 Å². The molecule has 0 bridgehead atoms. The van der Waals surface area contributed by atoms with Crippen LogP contribution in [0.25, 0.3) is 0 Å². The Labute approximate surface area is 105 Å². The molecule has 2 N–H and O–H groups in total. The summed E-state index contributed by atoms with van der Waals surface area (Å²) in [6.45, 7) is 3.20. The molecule has 1 aromatic carbocycles. The van der Waals surface area contributed by atoms with E-state index in [1.165, 1.54) is 4.88 Å². The van der Waals surface area contributed by atoms with E-state index in [0.717, 1.165) is 23.4 Å². The van der Waals surface area contributed by atoms with Gasteiger partial charge in [0.1, 0.15) is 5.75 Å². The van der Waals surface area contributed by atoms with Gasteiger partial charge in [-0.1, -0.05) is 18.2 Å². The predicted octanol–water partition coefficient (Wildman–Crippen LogP) is 2.53. The van der Waals surface area contributed by atoms with Gasteiger partial charge in [-0.05, 0) is 13.0 Å². The number of aryl methyl sites for hydroxylation is 1. The zero-order chi connectivity index (χ0) is 12.1. The average molecular weight is 248 g/mol. The summed E-state index contributed by atoms with van der Waals surface area (Å²) in [5.74, 6) is 0.886. The van der Waals surface area contributed by atoms with Gasteiger partial charge >= 0.3 is 0 Å². The van der Waals surface area contributed by atoms with E-state index in [1.807, 2.05) is 36.7 Å². The van der Waals surface area contributed by atoms with E-state index in [2.05, 4.69) is 4.98 Å². The van der Waals surface area contributed by atoms with Crippen molar-refractivity contribution in [2.45, 2.75) is 19.9 Å². The molecular weight excluding hydrogens is 232 g/mol. The number of hydrogen-bond acceptors (Lipinski definition) is 4. The summed E-state index contributed by atoms with van der Waals surface area (Å²) in [5, 5.41) is 0. The van der Waals surface area contributed by atoms with Crippen molar-refractivity contribution in [2.75, 3.05) is 6.61 Å². The standard InChI is InChI=1S/C13H16N2OS/c1-10-13(17-9-15-10)6-7-16-12-5-3-2-4-11(12)8-14/h2-5,9H,6-8,14H2,1H3. The largest absolute Gasteiger partial charge is 0.493 e. The van der Waals surface area contributed by atoms with Crippen LogP contribution in [0, 0.1) is 6.92 Å². The van der Waals surface area contributed by atoms with E-state index in [-0.39, 0.29) is 0 Å². The highest BCUT2D eigenvalue weighted by Gasteiger charge is 2.03. The highest BCUT2D eigenvalue weighted by atomic mass is 32.1.